The van der Waals surface area contributed by atoms with Gasteiger partial charge < -0.3 is 14.8 Å². The van der Waals surface area contributed by atoms with Crippen LogP contribution in [0.3, 0.4) is 0 Å². The van der Waals surface area contributed by atoms with Gasteiger partial charge in [0.05, 0.1) is 7.11 Å². The summed E-state index contributed by atoms with van der Waals surface area (Å²) in [7, 11) is -0.687. The molecular formula is C14H21NO5S. The van der Waals surface area contributed by atoms with Gasteiger partial charge in [-0.1, -0.05) is 18.2 Å². The maximum Gasteiger partial charge on any atom is 0.269 e. The van der Waals surface area contributed by atoms with Crippen molar-refractivity contribution in [3.05, 3.63) is 29.8 Å². The van der Waals surface area contributed by atoms with E-state index in [0.29, 0.717) is 0 Å². The summed E-state index contributed by atoms with van der Waals surface area (Å²) >= 11 is 0. The van der Waals surface area contributed by atoms with E-state index in [4.69, 9.17) is 9.47 Å². The largest absolute Gasteiger partial charge is 0.388 e. The van der Waals surface area contributed by atoms with Gasteiger partial charge in [0, 0.05) is 18.3 Å². The molecule has 1 aliphatic heterocycles. The Morgan fingerprint density at radius 3 is 2.57 bits per heavy atom. The average Bonchev–Trinajstić information content (AvgIpc) is 2.72. The predicted molar refractivity (Wildman–Crippen MR) is 79.6 cm³/mol. The van der Waals surface area contributed by atoms with Crippen molar-refractivity contribution in [1.82, 2.24) is 0 Å². The summed E-state index contributed by atoms with van der Waals surface area (Å²) < 4.78 is 39.6. The molecule has 0 bridgehead atoms. The molecule has 6 nitrogen and oxygen atoms in total. The molecular weight excluding hydrogens is 294 g/mol. The van der Waals surface area contributed by atoms with Gasteiger partial charge in [-0.15, -0.1) is 0 Å². The topological polar surface area (TPSA) is 73.9 Å². The van der Waals surface area contributed by atoms with Gasteiger partial charge in [-0.05, 0) is 19.9 Å². The number of para-hydroxylation sites is 1. The Bertz CT molecular complexity index is 599. The first kappa shape index (κ1) is 16.2. The molecule has 1 N–H and O–H groups in total. The summed E-state index contributed by atoms with van der Waals surface area (Å²) in [5.41, 5.74) is 1.74. The number of anilines is 1. The number of hydrogen-bond donors (Lipinski definition) is 1. The van der Waals surface area contributed by atoms with Crippen molar-refractivity contribution in [3.63, 3.8) is 0 Å². The summed E-state index contributed by atoms with van der Waals surface area (Å²) in [5, 5.41) is 3.08. The van der Waals surface area contributed by atoms with Gasteiger partial charge in [0.2, 0.25) is 0 Å². The molecule has 1 heterocycles. The molecule has 7 heteroatoms. The number of hydrogen-bond acceptors (Lipinski definition) is 6. The highest BCUT2D eigenvalue weighted by Gasteiger charge is 2.44. The highest BCUT2D eigenvalue weighted by atomic mass is 32.2. The summed E-state index contributed by atoms with van der Waals surface area (Å²) in [6.07, 6.45) is -1.10. The normalized spacial score (nSPS) is 25.0. The van der Waals surface area contributed by atoms with E-state index in [1.165, 1.54) is 0 Å². The fraction of sp³-hybridized carbons (Fsp3) is 0.571. The van der Waals surface area contributed by atoms with Crippen LogP contribution in [0.2, 0.25) is 0 Å². The van der Waals surface area contributed by atoms with Crippen molar-refractivity contribution >= 4 is 15.8 Å². The Labute approximate surface area is 125 Å². The average molecular weight is 315 g/mol. The molecule has 0 aliphatic carbocycles. The highest BCUT2D eigenvalue weighted by Crippen LogP contribution is 2.41. The van der Waals surface area contributed by atoms with Crippen LogP contribution < -0.4 is 5.32 Å². The zero-order valence-corrected chi connectivity index (χ0v) is 13.4. The fourth-order valence-electron chi connectivity index (χ4n) is 2.46. The van der Waals surface area contributed by atoms with Gasteiger partial charge >= 0.3 is 0 Å². The second-order valence-corrected chi connectivity index (χ2v) is 7.10. The first-order valence-electron chi connectivity index (χ1n) is 6.68. The van der Waals surface area contributed by atoms with Crippen LogP contribution in [0, 0.1) is 0 Å². The lowest BCUT2D eigenvalue weighted by atomic mass is 10.0. The third-order valence-electron chi connectivity index (χ3n) is 3.34. The number of nitrogens with one attached hydrogen (secondary N) is 1. The van der Waals surface area contributed by atoms with Gasteiger partial charge in [-0.3, -0.25) is 4.18 Å². The number of ether oxygens (including phenoxy) is 2. The Morgan fingerprint density at radius 1 is 1.29 bits per heavy atom. The first-order valence-corrected chi connectivity index (χ1v) is 8.26. The molecule has 0 spiro atoms. The lowest BCUT2D eigenvalue weighted by molar-refractivity contribution is -0.145. The van der Waals surface area contributed by atoms with Gasteiger partial charge in [0.25, 0.3) is 10.1 Å². The van der Waals surface area contributed by atoms with Crippen molar-refractivity contribution in [1.29, 1.82) is 0 Å². The SMILES string of the molecule is CNc1ccccc1[C@@H]1OC(C)(C)O[C@@H]1CS(=O)(=O)OC. The smallest absolute Gasteiger partial charge is 0.269 e. The molecule has 2 atom stereocenters. The second-order valence-electron chi connectivity index (χ2n) is 5.32. The van der Waals surface area contributed by atoms with E-state index in [1.54, 1.807) is 20.9 Å². The molecule has 1 saturated heterocycles. The standard InChI is InChI=1S/C14H21NO5S/c1-14(2)19-12(9-21(16,17)18-4)13(20-14)10-7-5-6-8-11(10)15-3/h5-8,12-13,15H,9H2,1-4H3/t12-,13+/m1/s1. The third kappa shape index (κ3) is 3.74. The van der Waals surface area contributed by atoms with Crippen LogP contribution in [0.15, 0.2) is 24.3 Å². The molecule has 0 radical (unpaired) electrons. The molecule has 2 rings (SSSR count). The Hall–Kier alpha value is -1.15. The van der Waals surface area contributed by atoms with E-state index in [0.717, 1.165) is 18.4 Å². The van der Waals surface area contributed by atoms with Crippen LogP contribution in [-0.4, -0.2) is 40.2 Å². The zero-order valence-electron chi connectivity index (χ0n) is 12.6. The quantitative estimate of drug-likeness (QED) is 0.837. The van der Waals surface area contributed by atoms with Crippen LogP contribution in [0.1, 0.15) is 25.5 Å². The minimum absolute atomic E-state index is 0.254. The molecule has 1 aliphatic rings. The molecule has 21 heavy (non-hydrogen) atoms. The van der Waals surface area contributed by atoms with Crippen molar-refractivity contribution in [3.8, 4) is 0 Å². The zero-order chi connectivity index (χ0) is 15.7. The van der Waals surface area contributed by atoms with E-state index in [-0.39, 0.29) is 5.75 Å². The second kappa shape index (κ2) is 5.92. The van der Waals surface area contributed by atoms with Crippen LogP contribution >= 0.6 is 0 Å². The van der Waals surface area contributed by atoms with Gasteiger partial charge in [0.15, 0.2) is 5.79 Å². The predicted octanol–water partition coefficient (Wildman–Crippen LogP) is 1.90. The van der Waals surface area contributed by atoms with E-state index >= 15 is 0 Å². The lowest BCUT2D eigenvalue weighted by Gasteiger charge is -2.19. The van der Waals surface area contributed by atoms with E-state index < -0.39 is 28.1 Å². The Morgan fingerprint density at radius 2 is 1.95 bits per heavy atom. The van der Waals surface area contributed by atoms with Crippen LogP contribution in [0.5, 0.6) is 0 Å². The molecule has 1 aromatic carbocycles. The Balaban J connectivity index is 2.35. The number of benzene rings is 1. The maximum absolute atomic E-state index is 11.7. The Kier molecular flexibility index (Phi) is 4.57. The summed E-state index contributed by atoms with van der Waals surface area (Å²) in [4.78, 5) is 0. The third-order valence-corrected chi connectivity index (χ3v) is 4.59. The monoisotopic (exact) mass is 315 g/mol. The molecule has 0 unspecified atom stereocenters. The van der Waals surface area contributed by atoms with Crippen molar-refractivity contribution in [2.75, 3.05) is 25.2 Å². The van der Waals surface area contributed by atoms with E-state index in [1.807, 2.05) is 24.3 Å². The minimum Gasteiger partial charge on any atom is -0.388 e. The van der Waals surface area contributed by atoms with Crippen LogP contribution in [0.4, 0.5) is 5.69 Å². The van der Waals surface area contributed by atoms with E-state index in [2.05, 4.69) is 9.50 Å². The molecule has 0 saturated carbocycles. The van der Waals surface area contributed by atoms with Crippen molar-refractivity contribution in [2.45, 2.75) is 31.8 Å². The molecule has 1 fully saturated rings. The first-order chi connectivity index (χ1) is 9.78. The fourth-order valence-corrected chi connectivity index (χ4v) is 3.24. The summed E-state index contributed by atoms with van der Waals surface area (Å²) in [5.74, 6) is -1.10. The van der Waals surface area contributed by atoms with Crippen molar-refractivity contribution in [2.24, 2.45) is 0 Å². The molecule has 1 aromatic rings. The summed E-state index contributed by atoms with van der Waals surface area (Å²) in [6.45, 7) is 3.53. The van der Waals surface area contributed by atoms with Crippen LogP contribution in [-0.2, 0) is 23.8 Å². The van der Waals surface area contributed by atoms with Gasteiger partial charge in [-0.2, -0.15) is 8.42 Å². The van der Waals surface area contributed by atoms with Crippen molar-refractivity contribution < 1.29 is 22.1 Å². The molecule has 118 valence electrons. The maximum atomic E-state index is 11.7. The minimum atomic E-state index is -3.64. The molecule has 0 aromatic heterocycles. The summed E-state index contributed by atoms with van der Waals surface area (Å²) in [6, 6.07) is 7.59. The number of rotatable bonds is 5. The van der Waals surface area contributed by atoms with Crippen LogP contribution in [0.25, 0.3) is 0 Å². The molecule has 0 amide bonds. The highest BCUT2D eigenvalue weighted by molar-refractivity contribution is 7.86. The van der Waals surface area contributed by atoms with E-state index in [9.17, 15) is 8.42 Å². The van der Waals surface area contributed by atoms with Gasteiger partial charge in [0.1, 0.15) is 18.0 Å². The van der Waals surface area contributed by atoms with Gasteiger partial charge in [-0.25, -0.2) is 0 Å². The lowest BCUT2D eigenvalue weighted by Crippen LogP contribution is -2.28.